The maximum atomic E-state index is 12.2. The molecule has 0 atom stereocenters. The van der Waals surface area contributed by atoms with Crippen molar-refractivity contribution in [2.24, 2.45) is 0 Å². The van der Waals surface area contributed by atoms with Crippen molar-refractivity contribution >= 4 is 15.9 Å². The number of carbonyl (C=O) groups is 1. The number of piperazine rings is 1. The third-order valence-corrected chi connectivity index (χ3v) is 5.30. The summed E-state index contributed by atoms with van der Waals surface area (Å²) in [6.07, 6.45) is 3.03. The number of rotatable bonds is 5. The minimum Gasteiger partial charge on any atom is -0.351 e. The van der Waals surface area contributed by atoms with E-state index in [-0.39, 0.29) is 18.2 Å². The Bertz CT molecular complexity index is 568. The Kier molecular flexibility index (Phi) is 5.27. The Labute approximate surface area is 125 Å². The average Bonchev–Trinajstić information content (AvgIpc) is 2.48. The Morgan fingerprint density at radius 3 is 2.67 bits per heavy atom. The molecule has 0 aliphatic carbocycles. The predicted molar refractivity (Wildman–Crippen MR) is 79.4 cm³/mol. The third kappa shape index (κ3) is 4.48. The van der Waals surface area contributed by atoms with Gasteiger partial charge < -0.3 is 10.2 Å². The summed E-state index contributed by atoms with van der Waals surface area (Å²) in [5.41, 5.74) is 0.425. The number of carbonyl (C=O) groups excluding carboxylic acids is 1. The van der Waals surface area contributed by atoms with Crippen molar-refractivity contribution in [3.63, 3.8) is 0 Å². The summed E-state index contributed by atoms with van der Waals surface area (Å²) < 4.78 is 25.8. The van der Waals surface area contributed by atoms with Crippen LogP contribution in [0.3, 0.4) is 0 Å². The van der Waals surface area contributed by atoms with E-state index < -0.39 is 10.0 Å². The SMILES string of the molecule is CN1CCN(S(=O)(=O)CCNC(=O)c2cccnc2)CC1. The lowest BCUT2D eigenvalue weighted by molar-refractivity contribution is 0.0955. The van der Waals surface area contributed by atoms with Crippen LogP contribution >= 0.6 is 0 Å². The molecule has 0 aromatic carbocycles. The van der Waals surface area contributed by atoms with Gasteiger partial charge in [0, 0.05) is 45.1 Å². The van der Waals surface area contributed by atoms with Gasteiger partial charge in [0.15, 0.2) is 0 Å². The van der Waals surface area contributed by atoms with Gasteiger partial charge in [0.2, 0.25) is 10.0 Å². The van der Waals surface area contributed by atoms with Crippen molar-refractivity contribution in [1.82, 2.24) is 19.5 Å². The summed E-state index contributed by atoms with van der Waals surface area (Å²) in [5.74, 6) is -0.389. The van der Waals surface area contributed by atoms with Gasteiger partial charge >= 0.3 is 0 Å². The molecular formula is C13H20N4O3S. The Morgan fingerprint density at radius 2 is 2.05 bits per heavy atom. The predicted octanol–water partition coefficient (Wildman–Crippen LogP) is -0.611. The number of nitrogens with zero attached hydrogens (tertiary/aromatic N) is 3. The van der Waals surface area contributed by atoms with Crippen LogP contribution in [-0.2, 0) is 10.0 Å². The number of hydrogen-bond acceptors (Lipinski definition) is 5. The van der Waals surface area contributed by atoms with Crippen LogP contribution in [0.15, 0.2) is 24.5 Å². The summed E-state index contributed by atoms with van der Waals surface area (Å²) in [6, 6.07) is 3.30. The second-order valence-corrected chi connectivity index (χ2v) is 7.10. The van der Waals surface area contributed by atoms with Gasteiger partial charge in [-0.05, 0) is 19.2 Å². The Morgan fingerprint density at radius 1 is 1.33 bits per heavy atom. The molecule has 2 heterocycles. The van der Waals surface area contributed by atoms with Crippen molar-refractivity contribution in [1.29, 1.82) is 0 Å². The molecule has 1 saturated heterocycles. The van der Waals surface area contributed by atoms with E-state index in [1.807, 2.05) is 7.05 Å². The van der Waals surface area contributed by atoms with Crippen LogP contribution in [0, 0.1) is 0 Å². The van der Waals surface area contributed by atoms with E-state index in [2.05, 4.69) is 15.2 Å². The maximum Gasteiger partial charge on any atom is 0.252 e. The molecular weight excluding hydrogens is 292 g/mol. The van der Waals surface area contributed by atoms with E-state index in [4.69, 9.17) is 0 Å². The molecule has 1 aliphatic rings. The number of hydrogen-bond donors (Lipinski definition) is 1. The zero-order valence-corrected chi connectivity index (χ0v) is 12.8. The monoisotopic (exact) mass is 312 g/mol. The molecule has 116 valence electrons. The highest BCUT2D eigenvalue weighted by Gasteiger charge is 2.25. The van der Waals surface area contributed by atoms with Crippen LogP contribution in [0.25, 0.3) is 0 Å². The highest BCUT2D eigenvalue weighted by molar-refractivity contribution is 7.89. The second kappa shape index (κ2) is 6.97. The Hall–Kier alpha value is -1.51. The normalized spacial score (nSPS) is 17.6. The number of aromatic nitrogens is 1. The van der Waals surface area contributed by atoms with Crippen molar-refractivity contribution in [2.75, 3.05) is 45.5 Å². The summed E-state index contributed by atoms with van der Waals surface area (Å²) in [4.78, 5) is 17.7. The van der Waals surface area contributed by atoms with E-state index >= 15 is 0 Å². The topological polar surface area (TPSA) is 82.6 Å². The van der Waals surface area contributed by atoms with Crippen LogP contribution in [0.2, 0.25) is 0 Å². The van der Waals surface area contributed by atoms with Crippen LogP contribution in [-0.4, -0.2) is 74.0 Å². The Balaban J connectivity index is 1.81. The molecule has 1 fully saturated rings. The fourth-order valence-electron chi connectivity index (χ4n) is 2.09. The first-order valence-corrected chi connectivity index (χ1v) is 8.44. The third-order valence-electron chi connectivity index (χ3n) is 3.42. The van der Waals surface area contributed by atoms with Gasteiger partial charge in [-0.25, -0.2) is 8.42 Å². The minimum absolute atomic E-state index is 0.0806. The molecule has 0 bridgehead atoms. The number of nitrogens with one attached hydrogen (secondary N) is 1. The van der Waals surface area contributed by atoms with E-state index in [9.17, 15) is 13.2 Å². The molecule has 0 spiro atoms. The smallest absolute Gasteiger partial charge is 0.252 e. The number of amides is 1. The molecule has 1 N–H and O–H groups in total. The van der Waals surface area contributed by atoms with Crippen LogP contribution in [0.5, 0.6) is 0 Å². The van der Waals surface area contributed by atoms with Crippen LogP contribution in [0.1, 0.15) is 10.4 Å². The van der Waals surface area contributed by atoms with E-state index in [1.54, 1.807) is 18.3 Å². The molecule has 2 rings (SSSR count). The zero-order valence-electron chi connectivity index (χ0n) is 12.0. The van der Waals surface area contributed by atoms with Gasteiger partial charge in [0.1, 0.15) is 0 Å². The molecule has 21 heavy (non-hydrogen) atoms. The highest BCUT2D eigenvalue weighted by Crippen LogP contribution is 2.06. The van der Waals surface area contributed by atoms with Crippen molar-refractivity contribution in [2.45, 2.75) is 0 Å². The molecule has 7 nitrogen and oxygen atoms in total. The first-order valence-electron chi connectivity index (χ1n) is 6.83. The quantitative estimate of drug-likeness (QED) is 0.784. The van der Waals surface area contributed by atoms with Crippen molar-refractivity contribution in [3.05, 3.63) is 30.1 Å². The lowest BCUT2D eigenvalue weighted by Crippen LogP contribution is -2.48. The van der Waals surface area contributed by atoms with E-state index in [1.165, 1.54) is 10.5 Å². The standard InChI is InChI=1S/C13H20N4O3S/c1-16-6-8-17(9-7-16)21(19,20)10-5-15-13(18)12-3-2-4-14-11-12/h2-4,11H,5-10H2,1H3,(H,15,18). The largest absolute Gasteiger partial charge is 0.351 e. The molecule has 1 aromatic heterocycles. The summed E-state index contributed by atoms with van der Waals surface area (Å²) in [6.45, 7) is 2.59. The minimum atomic E-state index is -3.31. The molecule has 0 radical (unpaired) electrons. The second-order valence-electron chi connectivity index (χ2n) is 5.02. The number of sulfonamides is 1. The van der Waals surface area contributed by atoms with Crippen LogP contribution < -0.4 is 5.32 Å². The van der Waals surface area contributed by atoms with Crippen LogP contribution in [0.4, 0.5) is 0 Å². The zero-order chi connectivity index (χ0) is 15.3. The van der Waals surface area contributed by atoms with Gasteiger partial charge in [0.25, 0.3) is 5.91 Å². The highest BCUT2D eigenvalue weighted by atomic mass is 32.2. The molecule has 1 aromatic rings. The average molecular weight is 312 g/mol. The first kappa shape index (κ1) is 15.9. The lowest BCUT2D eigenvalue weighted by Gasteiger charge is -2.31. The first-order chi connectivity index (χ1) is 9.99. The van der Waals surface area contributed by atoms with Crippen molar-refractivity contribution in [3.8, 4) is 0 Å². The summed E-state index contributed by atoms with van der Waals surface area (Å²) >= 11 is 0. The van der Waals surface area contributed by atoms with Crippen molar-refractivity contribution < 1.29 is 13.2 Å². The fraction of sp³-hybridized carbons (Fsp3) is 0.538. The fourth-order valence-corrected chi connectivity index (χ4v) is 3.43. The number of likely N-dealkylation sites (N-methyl/N-ethyl adjacent to an activating group) is 1. The summed E-state index contributed by atoms with van der Waals surface area (Å²) in [5, 5.41) is 2.61. The van der Waals surface area contributed by atoms with Gasteiger partial charge in [-0.2, -0.15) is 4.31 Å². The van der Waals surface area contributed by atoms with Gasteiger partial charge in [-0.1, -0.05) is 0 Å². The summed E-state index contributed by atoms with van der Waals surface area (Å²) in [7, 11) is -1.34. The molecule has 0 unspecified atom stereocenters. The molecule has 8 heteroatoms. The van der Waals surface area contributed by atoms with E-state index in [0.29, 0.717) is 18.7 Å². The molecule has 0 saturated carbocycles. The van der Waals surface area contributed by atoms with Gasteiger partial charge in [0.05, 0.1) is 11.3 Å². The van der Waals surface area contributed by atoms with E-state index in [0.717, 1.165) is 13.1 Å². The molecule has 1 aliphatic heterocycles. The lowest BCUT2D eigenvalue weighted by atomic mass is 10.3. The number of pyridine rings is 1. The maximum absolute atomic E-state index is 12.2. The molecule has 1 amide bonds. The van der Waals surface area contributed by atoms with Gasteiger partial charge in [-0.15, -0.1) is 0 Å². The van der Waals surface area contributed by atoms with Gasteiger partial charge in [-0.3, -0.25) is 9.78 Å².